The number of benzene rings is 2. The van der Waals surface area contributed by atoms with Crippen LogP contribution in [-0.2, 0) is 6.54 Å². The molecule has 0 saturated heterocycles. The number of phenolic OH excluding ortho intramolecular Hbond substituents is 1. The Morgan fingerprint density at radius 3 is 2.62 bits per heavy atom. The summed E-state index contributed by atoms with van der Waals surface area (Å²) in [5, 5.41) is 12.2. The number of nitrogens with one attached hydrogen (secondary N) is 1. The molecule has 5 heteroatoms. The van der Waals surface area contributed by atoms with E-state index in [-0.39, 0.29) is 11.7 Å². The summed E-state index contributed by atoms with van der Waals surface area (Å²) in [5.74, 6) is 0.956. The number of carbonyl (C=O) groups is 1. The van der Waals surface area contributed by atoms with Crippen molar-refractivity contribution in [1.29, 1.82) is 0 Å². The highest BCUT2D eigenvalue weighted by Gasteiger charge is 2.13. The second-order valence-corrected chi connectivity index (χ2v) is 4.42. The highest BCUT2D eigenvalue weighted by atomic mass is 16.5. The van der Waals surface area contributed by atoms with Crippen molar-refractivity contribution in [3.8, 4) is 17.2 Å². The van der Waals surface area contributed by atoms with Crippen molar-refractivity contribution in [1.82, 2.24) is 5.32 Å². The van der Waals surface area contributed by atoms with Gasteiger partial charge in [0.05, 0.1) is 19.8 Å². The minimum Gasteiger partial charge on any atom is -0.508 e. The Balaban J connectivity index is 2.12. The summed E-state index contributed by atoms with van der Waals surface area (Å²) in [5.41, 5.74) is 1.21. The van der Waals surface area contributed by atoms with E-state index in [0.29, 0.717) is 23.6 Å². The van der Waals surface area contributed by atoms with E-state index < -0.39 is 0 Å². The molecule has 0 aromatic heterocycles. The van der Waals surface area contributed by atoms with E-state index in [9.17, 15) is 9.90 Å². The fourth-order valence-electron chi connectivity index (χ4n) is 1.94. The maximum absolute atomic E-state index is 12.2. The van der Waals surface area contributed by atoms with Gasteiger partial charge in [-0.3, -0.25) is 4.79 Å². The second-order valence-electron chi connectivity index (χ2n) is 4.42. The normalized spacial score (nSPS) is 10.0. The van der Waals surface area contributed by atoms with Gasteiger partial charge in [-0.05, 0) is 35.9 Å². The van der Waals surface area contributed by atoms with Crippen LogP contribution in [0.4, 0.5) is 0 Å². The average Bonchev–Trinajstić information content (AvgIpc) is 2.52. The zero-order valence-corrected chi connectivity index (χ0v) is 11.9. The summed E-state index contributed by atoms with van der Waals surface area (Å²) in [6.45, 7) is 0.313. The van der Waals surface area contributed by atoms with Crippen LogP contribution in [0.2, 0.25) is 0 Å². The molecule has 0 heterocycles. The third-order valence-electron chi connectivity index (χ3n) is 3.01. The van der Waals surface area contributed by atoms with E-state index in [1.54, 1.807) is 36.4 Å². The van der Waals surface area contributed by atoms with Gasteiger partial charge in [0.15, 0.2) is 0 Å². The largest absolute Gasteiger partial charge is 0.508 e. The summed E-state index contributed by atoms with van der Waals surface area (Å²) in [6.07, 6.45) is 0. The van der Waals surface area contributed by atoms with E-state index in [2.05, 4.69) is 5.32 Å². The van der Waals surface area contributed by atoms with Crippen molar-refractivity contribution in [3.05, 3.63) is 53.6 Å². The first kappa shape index (κ1) is 14.7. The van der Waals surface area contributed by atoms with Crippen LogP contribution in [-0.4, -0.2) is 25.2 Å². The molecule has 0 fully saturated rings. The number of amides is 1. The zero-order valence-electron chi connectivity index (χ0n) is 11.9. The molecule has 0 atom stereocenters. The quantitative estimate of drug-likeness (QED) is 0.885. The maximum Gasteiger partial charge on any atom is 0.255 e. The van der Waals surface area contributed by atoms with Crippen molar-refractivity contribution in [2.45, 2.75) is 6.54 Å². The highest BCUT2D eigenvalue weighted by molar-refractivity contribution is 5.97. The predicted octanol–water partition coefficient (Wildman–Crippen LogP) is 2.34. The highest BCUT2D eigenvalue weighted by Crippen LogP contribution is 2.24. The molecule has 0 radical (unpaired) electrons. The van der Waals surface area contributed by atoms with Gasteiger partial charge < -0.3 is 19.9 Å². The smallest absolute Gasteiger partial charge is 0.255 e. The predicted molar refractivity (Wildman–Crippen MR) is 78.8 cm³/mol. The van der Waals surface area contributed by atoms with E-state index >= 15 is 0 Å². The van der Waals surface area contributed by atoms with Gasteiger partial charge in [0, 0.05) is 6.54 Å². The van der Waals surface area contributed by atoms with Crippen molar-refractivity contribution in [3.63, 3.8) is 0 Å². The molecule has 21 heavy (non-hydrogen) atoms. The number of hydrogen-bond donors (Lipinski definition) is 2. The number of rotatable bonds is 5. The summed E-state index contributed by atoms with van der Waals surface area (Å²) in [4.78, 5) is 12.2. The SMILES string of the molecule is COc1ccc(OC)c(C(=O)NCc2cccc(O)c2)c1. The first-order valence-electron chi connectivity index (χ1n) is 6.42. The molecule has 0 aliphatic heterocycles. The molecule has 0 spiro atoms. The minimum atomic E-state index is -0.269. The molecular weight excluding hydrogens is 270 g/mol. The number of phenols is 1. The number of ether oxygens (including phenoxy) is 2. The Bertz CT molecular complexity index is 640. The lowest BCUT2D eigenvalue weighted by Crippen LogP contribution is -2.23. The van der Waals surface area contributed by atoms with Gasteiger partial charge in [0.1, 0.15) is 17.2 Å². The number of methoxy groups -OCH3 is 2. The Morgan fingerprint density at radius 1 is 1.14 bits per heavy atom. The van der Waals surface area contributed by atoms with Gasteiger partial charge in [0.2, 0.25) is 0 Å². The lowest BCUT2D eigenvalue weighted by Gasteiger charge is -2.11. The Morgan fingerprint density at radius 2 is 1.95 bits per heavy atom. The minimum absolute atomic E-state index is 0.167. The third kappa shape index (κ3) is 3.66. The van der Waals surface area contributed by atoms with Crippen LogP contribution in [0.25, 0.3) is 0 Å². The Kier molecular flexibility index (Phi) is 4.66. The van der Waals surface area contributed by atoms with Crippen LogP contribution >= 0.6 is 0 Å². The first-order chi connectivity index (χ1) is 10.1. The number of hydrogen-bond acceptors (Lipinski definition) is 4. The van der Waals surface area contributed by atoms with E-state index in [1.165, 1.54) is 14.2 Å². The number of carbonyl (C=O) groups excluding carboxylic acids is 1. The molecule has 1 amide bonds. The van der Waals surface area contributed by atoms with Gasteiger partial charge in [0.25, 0.3) is 5.91 Å². The van der Waals surface area contributed by atoms with Crippen LogP contribution in [0.5, 0.6) is 17.2 Å². The average molecular weight is 287 g/mol. The van der Waals surface area contributed by atoms with Crippen LogP contribution < -0.4 is 14.8 Å². The van der Waals surface area contributed by atoms with Gasteiger partial charge in [-0.25, -0.2) is 0 Å². The van der Waals surface area contributed by atoms with Crippen molar-refractivity contribution >= 4 is 5.91 Å². The molecule has 2 N–H and O–H groups in total. The Hall–Kier alpha value is -2.69. The van der Waals surface area contributed by atoms with Gasteiger partial charge in [-0.1, -0.05) is 12.1 Å². The van der Waals surface area contributed by atoms with Crippen molar-refractivity contribution in [2.75, 3.05) is 14.2 Å². The molecule has 0 aliphatic rings. The fourth-order valence-corrected chi connectivity index (χ4v) is 1.94. The molecule has 2 rings (SSSR count). The van der Waals surface area contributed by atoms with Crippen LogP contribution in [0.1, 0.15) is 15.9 Å². The third-order valence-corrected chi connectivity index (χ3v) is 3.01. The molecular formula is C16H17NO4. The zero-order chi connectivity index (χ0) is 15.2. The summed E-state index contributed by atoms with van der Waals surface area (Å²) in [6, 6.07) is 11.8. The van der Waals surface area contributed by atoms with Crippen molar-refractivity contribution in [2.24, 2.45) is 0 Å². The van der Waals surface area contributed by atoms with Crippen LogP contribution in [0, 0.1) is 0 Å². The van der Waals surface area contributed by atoms with E-state index in [4.69, 9.17) is 9.47 Å². The Labute approximate surface area is 123 Å². The molecule has 0 aliphatic carbocycles. The molecule has 2 aromatic carbocycles. The summed E-state index contributed by atoms with van der Waals surface area (Å²) in [7, 11) is 3.05. The molecule has 0 saturated carbocycles. The molecule has 0 unspecified atom stereocenters. The fraction of sp³-hybridized carbons (Fsp3) is 0.188. The molecule has 2 aromatic rings. The summed E-state index contributed by atoms with van der Waals surface area (Å²) < 4.78 is 10.3. The van der Waals surface area contributed by atoms with E-state index in [0.717, 1.165) is 5.56 Å². The second kappa shape index (κ2) is 6.65. The molecule has 5 nitrogen and oxygen atoms in total. The van der Waals surface area contributed by atoms with Gasteiger partial charge >= 0.3 is 0 Å². The topological polar surface area (TPSA) is 67.8 Å². The molecule has 0 bridgehead atoms. The lowest BCUT2D eigenvalue weighted by atomic mass is 10.1. The monoisotopic (exact) mass is 287 g/mol. The van der Waals surface area contributed by atoms with E-state index in [1.807, 2.05) is 6.07 Å². The van der Waals surface area contributed by atoms with Gasteiger partial charge in [-0.2, -0.15) is 0 Å². The summed E-state index contributed by atoms with van der Waals surface area (Å²) >= 11 is 0. The van der Waals surface area contributed by atoms with Crippen LogP contribution in [0.15, 0.2) is 42.5 Å². The lowest BCUT2D eigenvalue weighted by molar-refractivity contribution is 0.0947. The number of aromatic hydroxyl groups is 1. The maximum atomic E-state index is 12.2. The van der Waals surface area contributed by atoms with Crippen LogP contribution in [0.3, 0.4) is 0 Å². The standard InChI is InChI=1S/C16H17NO4/c1-20-13-6-7-15(21-2)14(9-13)16(19)17-10-11-4-3-5-12(18)8-11/h3-9,18H,10H2,1-2H3,(H,17,19). The van der Waals surface area contributed by atoms with Gasteiger partial charge in [-0.15, -0.1) is 0 Å². The first-order valence-corrected chi connectivity index (χ1v) is 6.42. The molecule has 110 valence electrons. The van der Waals surface area contributed by atoms with Crippen molar-refractivity contribution < 1.29 is 19.4 Å².